The van der Waals surface area contributed by atoms with Gasteiger partial charge in [0, 0.05) is 13.1 Å². The van der Waals surface area contributed by atoms with E-state index < -0.39 is 0 Å². The first kappa shape index (κ1) is 14.3. The van der Waals surface area contributed by atoms with Crippen LogP contribution in [0.5, 0.6) is 0 Å². The number of hydrogen-bond acceptors (Lipinski definition) is 2. The zero-order valence-electron chi connectivity index (χ0n) is 12.5. The summed E-state index contributed by atoms with van der Waals surface area (Å²) in [4.78, 5) is 2.75. The molecular weight excluding hydrogens is 220 g/mol. The molecule has 18 heavy (non-hydrogen) atoms. The van der Waals surface area contributed by atoms with Gasteiger partial charge in [0.1, 0.15) is 0 Å². The minimum Gasteiger partial charge on any atom is -0.330 e. The molecule has 106 valence electrons. The van der Waals surface area contributed by atoms with Crippen molar-refractivity contribution < 1.29 is 0 Å². The molecule has 0 aliphatic heterocycles. The van der Waals surface area contributed by atoms with E-state index in [9.17, 15) is 0 Å². The Labute approximate surface area is 113 Å². The number of rotatable bonds is 10. The standard InChI is InChI=1S/C16H32N2/c1-16(2,13-17)9-3-4-10-18(11-14-5-6-14)12-15-7-8-15/h14-15H,3-13,17H2,1-2H3. The lowest BCUT2D eigenvalue weighted by Crippen LogP contribution is -2.30. The average Bonchev–Trinajstić information content (AvgIpc) is 3.20. The highest BCUT2D eigenvalue weighted by Crippen LogP contribution is 2.34. The summed E-state index contributed by atoms with van der Waals surface area (Å²) in [7, 11) is 0. The van der Waals surface area contributed by atoms with E-state index >= 15 is 0 Å². The van der Waals surface area contributed by atoms with Gasteiger partial charge >= 0.3 is 0 Å². The first-order valence-electron chi connectivity index (χ1n) is 8.01. The van der Waals surface area contributed by atoms with E-state index in [0.717, 1.165) is 18.4 Å². The molecule has 0 aromatic rings. The Bertz CT molecular complexity index is 227. The van der Waals surface area contributed by atoms with E-state index in [0.29, 0.717) is 5.41 Å². The molecule has 0 saturated heterocycles. The SMILES string of the molecule is CC(C)(CN)CCCCN(CC1CC1)CC1CC1. The molecule has 0 unspecified atom stereocenters. The Hall–Kier alpha value is -0.0800. The highest BCUT2D eigenvalue weighted by molar-refractivity contribution is 4.82. The zero-order chi connectivity index (χ0) is 13.0. The van der Waals surface area contributed by atoms with Gasteiger partial charge in [-0.25, -0.2) is 0 Å². The lowest BCUT2D eigenvalue weighted by Gasteiger charge is -2.25. The Morgan fingerprint density at radius 1 is 1.00 bits per heavy atom. The van der Waals surface area contributed by atoms with Crippen LogP contribution in [0.1, 0.15) is 58.8 Å². The maximum atomic E-state index is 5.79. The summed E-state index contributed by atoms with van der Waals surface area (Å²) in [5.41, 5.74) is 6.13. The molecule has 0 radical (unpaired) electrons. The number of nitrogens with zero attached hydrogens (tertiary/aromatic N) is 1. The van der Waals surface area contributed by atoms with Crippen LogP contribution < -0.4 is 5.73 Å². The van der Waals surface area contributed by atoms with Crippen LogP contribution in [0.2, 0.25) is 0 Å². The molecule has 2 aliphatic rings. The number of hydrogen-bond donors (Lipinski definition) is 1. The van der Waals surface area contributed by atoms with Gasteiger partial charge in [0.2, 0.25) is 0 Å². The van der Waals surface area contributed by atoms with Gasteiger partial charge in [-0.3, -0.25) is 0 Å². The smallest absolute Gasteiger partial charge is 0.000978 e. The number of unbranched alkanes of at least 4 members (excludes halogenated alkanes) is 1. The summed E-state index contributed by atoms with van der Waals surface area (Å²) >= 11 is 0. The van der Waals surface area contributed by atoms with Gasteiger partial charge in [0.15, 0.2) is 0 Å². The summed E-state index contributed by atoms with van der Waals surface area (Å²) in [6.07, 6.45) is 9.94. The summed E-state index contributed by atoms with van der Waals surface area (Å²) < 4.78 is 0. The summed E-state index contributed by atoms with van der Waals surface area (Å²) in [5, 5.41) is 0. The molecule has 0 amide bonds. The molecule has 2 saturated carbocycles. The molecule has 0 aromatic heterocycles. The molecular formula is C16H32N2. The second-order valence-electron chi connectivity index (χ2n) is 7.47. The minimum atomic E-state index is 0.345. The molecule has 0 atom stereocenters. The highest BCUT2D eigenvalue weighted by Gasteiger charge is 2.28. The normalized spacial score (nSPS) is 20.7. The second-order valence-corrected chi connectivity index (χ2v) is 7.47. The third-order valence-electron chi connectivity index (χ3n) is 4.56. The molecule has 0 heterocycles. The van der Waals surface area contributed by atoms with Crippen molar-refractivity contribution in [2.75, 3.05) is 26.2 Å². The highest BCUT2D eigenvalue weighted by atomic mass is 15.1. The van der Waals surface area contributed by atoms with Crippen molar-refractivity contribution in [2.24, 2.45) is 23.0 Å². The van der Waals surface area contributed by atoms with Gasteiger partial charge in [-0.1, -0.05) is 20.3 Å². The molecule has 2 N–H and O–H groups in total. The Kier molecular flexibility index (Phi) is 5.08. The molecule has 2 aliphatic carbocycles. The van der Waals surface area contributed by atoms with Gasteiger partial charge < -0.3 is 10.6 Å². The minimum absolute atomic E-state index is 0.345. The fraction of sp³-hybridized carbons (Fsp3) is 1.00. The average molecular weight is 252 g/mol. The van der Waals surface area contributed by atoms with Gasteiger partial charge in [-0.2, -0.15) is 0 Å². The van der Waals surface area contributed by atoms with Crippen molar-refractivity contribution in [1.82, 2.24) is 4.90 Å². The predicted octanol–water partition coefficient (Wildman–Crippen LogP) is 3.26. The molecule has 2 heteroatoms. The van der Waals surface area contributed by atoms with Crippen LogP contribution in [0.4, 0.5) is 0 Å². The third kappa shape index (κ3) is 5.71. The van der Waals surface area contributed by atoms with E-state index in [1.165, 1.54) is 64.6 Å². The van der Waals surface area contributed by atoms with Crippen LogP contribution >= 0.6 is 0 Å². The Balaban J connectivity index is 1.58. The first-order chi connectivity index (χ1) is 8.59. The topological polar surface area (TPSA) is 29.3 Å². The molecule has 0 bridgehead atoms. The molecule has 2 nitrogen and oxygen atoms in total. The van der Waals surface area contributed by atoms with Crippen LogP contribution in [0.15, 0.2) is 0 Å². The molecule has 0 aromatic carbocycles. The molecule has 0 spiro atoms. The van der Waals surface area contributed by atoms with Crippen LogP contribution in [-0.4, -0.2) is 31.1 Å². The number of nitrogens with two attached hydrogens (primary N) is 1. The quantitative estimate of drug-likeness (QED) is 0.605. The largest absolute Gasteiger partial charge is 0.330 e. The van der Waals surface area contributed by atoms with Gasteiger partial charge in [0.25, 0.3) is 0 Å². The summed E-state index contributed by atoms with van der Waals surface area (Å²) in [6, 6.07) is 0. The van der Waals surface area contributed by atoms with E-state index in [-0.39, 0.29) is 0 Å². The van der Waals surface area contributed by atoms with Gasteiger partial charge in [-0.05, 0) is 68.9 Å². The van der Waals surface area contributed by atoms with Crippen molar-refractivity contribution in [1.29, 1.82) is 0 Å². The van der Waals surface area contributed by atoms with Crippen LogP contribution in [0.25, 0.3) is 0 Å². The second kappa shape index (κ2) is 6.38. The lowest BCUT2D eigenvalue weighted by molar-refractivity contribution is 0.238. The van der Waals surface area contributed by atoms with E-state index in [1.807, 2.05) is 0 Å². The van der Waals surface area contributed by atoms with Crippen LogP contribution in [-0.2, 0) is 0 Å². The third-order valence-corrected chi connectivity index (χ3v) is 4.56. The van der Waals surface area contributed by atoms with E-state index in [4.69, 9.17) is 5.73 Å². The van der Waals surface area contributed by atoms with E-state index in [2.05, 4.69) is 18.7 Å². The van der Waals surface area contributed by atoms with Crippen molar-refractivity contribution >= 4 is 0 Å². The predicted molar refractivity (Wildman–Crippen MR) is 78.6 cm³/mol. The fourth-order valence-corrected chi connectivity index (χ4v) is 2.63. The Morgan fingerprint density at radius 3 is 2.00 bits per heavy atom. The monoisotopic (exact) mass is 252 g/mol. The summed E-state index contributed by atoms with van der Waals surface area (Å²) in [5.74, 6) is 2.09. The maximum Gasteiger partial charge on any atom is 0.000978 e. The van der Waals surface area contributed by atoms with Gasteiger partial charge in [-0.15, -0.1) is 0 Å². The van der Waals surface area contributed by atoms with E-state index in [1.54, 1.807) is 0 Å². The van der Waals surface area contributed by atoms with Gasteiger partial charge in [0.05, 0.1) is 0 Å². The van der Waals surface area contributed by atoms with Crippen molar-refractivity contribution in [3.8, 4) is 0 Å². The molecule has 2 fully saturated rings. The molecule has 2 rings (SSSR count). The van der Waals surface area contributed by atoms with Crippen molar-refractivity contribution in [3.05, 3.63) is 0 Å². The first-order valence-corrected chi connectivity index (χ1v) is 8.01. The zero-order valence-corrected chi connectivity index (χ0v) is 12.5. The maximum absolute atomic E-state index is 5.79. The van der Waals surface area contributed by atoms with Crippen molar-refractivity contribution in [2.45, 2.75) is 58.8 Å². The van der Waals surface area contributed by atoms with Crippen LogP contribution in [0, 0.1) is 17.3 Å². The van der Waals surface area contributed by atoms with Crippen molar-refractivity contribution in [3.63, 3.8) is 0 Å². The Morgan fingerprint density at radius 2 is 1.56 bits per heavy atom. The fourth-order valence-electron chi connectivity index (χ4n) is 2.63. The lowest BCUT2D eigenvalue weighted by atomic mass is 9.87. The summed E-state index contributed by atoms with van der Waals surface area (Å²) in [6.45, 7) is 9.50. The van der Waals surface area contributed by atoms with Crippen LogP contribution in [0.3, 0.4) is 0 Å².